The Balaban J connectivity index is 2.03. The second-order valence-electron chi connectivity index (χ2n) is 6.22. The van der Waals surface area contributed by atoms with Gasteiger partial charge >= 0.3 is 0 Å². The van der Waals surface area contributed by atoms with Gasteiger partial charge in [0.1, 0.15) is 5.82 Å². The minimum atomic E-state index is -0.163. The average Bonchev–Trinajstić information content (AvgIpc) is 3.01. The van der Waals surface area contributed by atoms with E-state index in [4.69, 9.17) is 5.73 Å². The van der Waals surface area contributed by atoms with Crippen LogP contribution in [0.15, 0.2) is 48.5 Å². The Labute approximate surface area is 126 Å². The van der Waals surface area contributed by atoms with Crippen LogP contribution in [0.2, 0.25) is 0 Å². The van der Waals surface area contributed by atoms with Crippen LogP contribution in [0.4, 0.5) is 4.39 Å². The molecule has 2 N–H and O–H groups in total. The highest BCUT2D eigenvalue weighted by Crippen LogP contribution is 2.48. The molecule has 0 spiro atoms. The molecule has 0 aliphatic heterocycles. The summed E-state index contributed by atoms with van der Waals surface area (Å²) in [6, 6.07) is 15.8. The molecule has 3 rings (SSSR count). The number of benzene rings is 2. The first kappa shape index (κ1) is 14.3. The number of rotatable bonds is 3. The minimum absolute atomic E-state index is 0.0526. The molecule has 1 fully saturated rings. The summed E-state index contributed by atoms with van der Waals surface area (Å²) >= 11 is 0. The van der Waals surface area contributed by atoms with Gasteiger partial charge in [0, 0.05) is 11.5 Å². The van der Waals surface area contributed by atoms with E-state index < -0.39 is 0 Å². The lowest BCUT2D eigenvalue weighted by Crippen LogP contribution is -2.36. The van der Waals surface area contributed by atoms with Crippen molar-refractivity contribution in [2.24, 2.45) is 5.73 Å². The van der Waals surface area contributed by atoms with Crippen molar-refractivity contribution in [3.05, 3.63) is 71.0 Å². The van der Waals surface area contributed by atoms with Crippen molar-refractivity contribution >= 4 is 0 Å². The Morgan fingerprint density at radius 1 is 1.05 bits per heavy atom. The molecule has 2 aromatic rings. The van der Waals surface area contributed by atoms with Crippen molar-refractivity contribution < 1.29 is 4.39 Å². The maximum Gasteiger partial charge on any atom is 0.126 e. The van der Waals surface area contributed by atoms with Gasteiger partial charge in [0.2, 0.25) is 0 Å². The number of hydrogen-bond donors (Lipinski definition) is 1. The van der Waals surface area contributed by atoms with E-state index in [-0.39, 0.29) is 17.3 Å². The monoisotopic (exact) mass is 283 g/mol. The minimum Gasteiger partial charge on any atom is -0.323 e. The van der Waals surface area contributed by atoms with Crippen molar-refractivity contribution in [2.45, 2.75) is 44.1 Å². The van der Waals surface area contributed by atoms with Crippen molar-refractivity contribution in [3.8, 4) is 0 Å². The fourth-order valence-electron chi connectivity index (χ4n) is 3.68. The van der Waals surface area contributed by atoms with Gasteiger partial charge in [0.25, 0.3) is 0 Å². The molecule has 0 radical (unpaired) electrons. The maximum absolute atomic E-state index is 13.9. The molecule has 0 saturated heterocycles. The molecule has 110 valence electrons. The van der Waals surface area contributed by atoms with E-state index >= 15 is 0 Å². The second-order valence-corrected chi connectivity index (χ2v) is 6.22. The Morgan fingerprint density at radius 3 is 2.33 bits per heavy atom. The molecule has 21 heavy (non-hydrogen) atoms. The zero-order valence-electron chi connectivity index (χ0n) is 12.5. The van der Waals surface area contributed by atoms with E-state index in [1.165, 1.54) is 18.4 Å². The number of halogens is 1. The van der Waals surface area contributed by atoms with Gasteiger partial charge in [-0.15, -0.1) is 0 Å². The first-order valence-electron chi connectivity index (χ1n) is 7.71. The second kappa shape index (κ2) is 5.61. The molecule has 0 bridgehead atoms. The van der Waals surface area contributed by atoms with E-state index in [0.717, 1.165) is 18.4 Å². The Kier molecular flexibility index (Phi) is 3.81. The normalized spacial score (nSPS) is 18.6. The van der Waals surface area contributed by atoms with Gasteiger partial charge in [-0.2, -0.15) is 0 Å². The number of hydrogen-bond acceptors (Lipinski definition) is 1. The zero-order valence-corrected chi connectivity index (χ0v) is 12.5. The zero-order chi connectivity index (χ0) is 14.9. The maximum atomic E-state index is 13.9. The van der Waals surface area contributed by atoms with Crippen LogP contribution in [0.5, 0.6) is 0 Å². The lowest BCUT2D eigenvalue weighted by molar-refractivity contribution is 0.355. The predicted octanol–water partition coefficient (Wildman–Crippen LogP) is 4.65. The highest BCUT2D eigenvalue weighted by atomic mass is 19.1. The molecule has 1 atom stereocenters. The van der Waals surface area contributed by atoms with E-state index in [2.05, 4.69) is 24.3 Å². The molecule has 2 heteroatoms. The fourth-order valence-corrected chi connectivity index (χ4v) is 3.68. The molecule has 1 saturated carbocycles. The van der Waals surface area contributed by atoms with Gasteiger partial charge in [0.05, 0.1) is 0 Å². The smallest absolute Gasteiger partial charge is 0.126 e. The Bertz CT molecular complexity index is 615. The molecule has 0 heterocycles. The fraction of sp³-hybridized carbons (Fsp3) is 0.368. The van der Waals surface area contributed by atoms with E-state index in [1.807, 2.05) is 18.2 Å². The van der Waals surface area contributed by atoms with Crippen LogP contribution in [0.25, 0.3) is 0 Å². The third kappa shape index (κ3) is 2.49. The van der Waals surface area contributed by atoms with E-state index in [0.29, 0.717) is 5.56 Å². The summed E-state index contributed by atoms with van der Waals surface area (Å²) in [5, 5.41) is 0. The van der Waals surface area contributed by atoms with E-state index in [9.17, 15) is 4.39 Å². The lowest BCUT2D eigenvalue weighted by Gasteiger charge is -2.36. The molecule has 0 amide bonds. The summed E-state index contributed by atoms with van der Waals surface area (Å²) in [6.45, 7) is 1.78. The summed E-state index contributed by atoms with van der Waals surface area (Å²) in [5.41, 5.74) is 9.43. The summed E-state index contributed by atoms with van der Waals surface area (Å²) in [6.07, 6.45) is 4.54. The topological polar surface area (TPSA) is 26.0 Å². The first-order chi connectivity index (χ1) is 10.1. The van der Waals surface area contributed by atoms with Crippen molar-refractivity contribution in [1.29, 1.82) is 0 Å². The van der Waals surface area contributed by atoms with Gasteiger partial charge in [0.15, 0.2) is 0 Å². The van der Waals surface area contributed by atoms with Crippen LogP contribution < -0.4 is 5.73 Å². The molecular formula is C19H22FN. The molecule has 2 aromatic carbocycles. The van der Waals surface area contributed by atoms with Crippen LogP contribution in [0.1, 0.15) is 48.4 Å². The van der Waals surface area contributed by atoms with Crippen LogP contribution in [0, 0.1) is 12.7 Å². The van der Waals surface area contributed by atoms with Crippen LogP contribution >= 0.6 is 0 Å². The van der Waals surface area contributed by atoms with Gasteiger partial charge in [-0.1, -0.05) is 55.3 Å². The molecule has 0 aromatic heterocycles. The van der Waals surface area contributed by atoms with Crippen molar-refractivity contribution in [1.82, 2.24) is 0 Å². The highest BCUT2D eigenvalue weighted by molar-refractivity contribution is 5.35. The average molecular weight is 283 g/mol. The van der Waals surface area contributed by atoms with Gasteiger partial charge in [-0.3, -0.25) is 0 Å². The summed E-state index contributed by atoms with van der Waals surface area (Å²) in [7, 11) is 0. The van der Waals surface area contributed by atoms with Gasteiger partial charge < -0.3 is 5.73 Å². The third-order valence-electron chi connectivity index (χ3n) is 4.99. The SMILES string of the molecule is Cc1ccc(C(N)C2(c3ccccc3)CCCC2)cc1F. The lowest BCUT2D eigenvalue weighted by atomic mass is 9.70. The van der Waals surface area contributed by atoms with Crippen LogP contribution in [-0.4, -0.2) is 0 Å². The summed E-state index contributed by atoms with van der Waals surface area (Å²) < 4.78 is 13.9. The molecular weight excluding hydrogens is 261 g/mol. The van der Waals surface area contributed by atoms with Crippen LogP contribution in [-0.2, 0) is 5.41 Å². The Morgan fingerprint density at radius 2 is 1.71 bits per heavy atom. The predicted molar refractivity (Wildman–Crippen MR) is 84.7 cm³/mol. The quantitative estimate of drug-likeness (QED) is 0.872. The molecule has 1 aliphatic rings. The number of aryl methyl sites for hydroxylation is 1. The van der Waals surface area contributed by atoms with Gasteiger partial charge in [-0.25, -0.2) is 4.39 Å². The summed E-state index contributed by atoms with van der Waals surface area (Å²) in [4.78, 5) is 0. The molecule has 1 aliphatic carbocycles. The van der Waals surface area contributed by atoms with Gasteiger partial charge in [-0.05, 0) is 42.5 Å². The van der Waals surface area contributed by atoms with E-state index in [1.54, 1.807) is 13.0 Å². The molecule has 1 unspecified atom stereocenters. The standard InChI is InChI=1S/C19H22FN/c1-14-9-10-15(13-17(14)20)18(21)19(11-5-6-12-19)16-7-3-2-4-8-16/h2-4,7-10,13,18H,5-6,11-12,21H2,1H3. The third-order valence-corrected chi connectivity index (χ3v) is 4.99. The van der Waals surface area contributed by atoms with Crippen molar-refractivity contribution in [2.75, 3.05) is 0 Å². The van der Waals surface area contributed by atoms with Crippen LogP contribution in [0.3, 0.4) is 0 Å². The number of nitrogens with two attached hydrogens (primary N) is 1. The molecule has 1 nitrogen and oxygen atoms in total. The van der Waals surface area contributed by atoms with Crippen molar-refractivity contribution in [3.63, 3.8) is 0 Å². The largest absolute Gasteiger partial charge is 0.323 e. The summed E-state index contributed by atoms with van der Waals surface area (Å²) in [5.74, 6) is -0.163. The highest BCUT2D eigenvalue weighted by Gasteiger charge is 2.41. The Hall–Kier alpha value is -1.67. The first-order valence-corrected chi connectivity index (χ1v) is 7.71.